The summed E-state index contributed by atoms with van der Waals surface area (Å²) < 4.78 is 1.47. The first-order valence-corrected chi connectivity index (χ1v) is 6.18. The minimum atomic E-state index is -0.0651. The summed E-state index contributed by atoms with van der Waals surface area (Å²) in [6.45, 7) is 0.145. The predicted octanol–water partition coefficient (Wildman–Crippen LogP) is 0.235. The summed E-state index contributed by atoms with van der Waals surface area (Å²) >= 11 is 5.88. The van der Waals surface area contributed by atoms with E-state index in [-0.39, 0.29) is 17.7 Å². The van der Waals surface area contributed by atoms with Gasteiger partial charge in [0.05, 0.1) is 6.54 Å². The largest absolute Gasteiger partial charge is 0.347 e. The molecule has 0 spiro atoms. The van der Waals surface area contributed by atoms with Gasteiger partial charge < -0.3 is 9.80 Å². The number of amides is 1. The van der Waals surface area contributed by atoms with Crippen LogP contribution in [0.3, 0.4) is 0 Å². The fourth-order valence-corrected chi connectivity index (χ4v) is 1.56. The number of hydrogen-bond acceptors (Lipinski definition) is 6. The van der Waals surface area contributed by atoms with E-state index >= 15 is 0 Å². The molecule has 0 aliphatic rings. The molecule has 0 saturated carbocycles. The van der Waals surface area contributed by atoms with Crippen LogP contribution in [-0.4, -0.2) is 63.2 Å². The highest BCUT2D eigenvalue weighted by Crippen LogP contribution is 2.11. The first-order chi connectivity index (χ1) is 9.47. The third kappa shape index (κ3) is 3.21. The second-order valence-electron chi connectivity index (χ2n) is 4.30. The normalized spacial score (nSPS) is 10.4. The second-order valence-corrected chi connectivity index (χ2v) is 4.64. The van der Waals surface area contributed by atoms with Crippen molar-refractivity contribution in [3.63, 3.8) is 0 Å². The maximum absolute atomic E-state index is 11.7. The third-order valence-corrected chi connectivity index (χ3v) is 2.68. The standard InChI is InChI=1S/C11H14ClN7O/c1-17(2)8(20)7-18(3)10-14-9(12)15-11(16-10)19-6-4-5-13-19/h4-6H,7H2,1-3H3. The van der Waals surface area contributed by atoms with Crippen molar-refractivity contribution in [2.75, 3.05) is 32.6 Å². The van der Waals surface area contributed by atoms with Gasteiger partial charge in [0.2, 0.25) is 17.1 Å². The smallest absolute Gasteiger partial charge is 0.256 e. The van der Waals surface area contributed by atoms with Crippen LogP contribution in [0.25, 0.3) is 5.95 Å². The molecule has 0 fully saturated rings. The van der Waals surface area contributed by atoms with Gasteiger partial charge in [0.1, 0.15) is 0 Å². The molecule has 1 amide bonds. The van der Waals surface area contributed by atoms with E-state index in [2.05, 4.69) is 20.1 Å². The molecule has 0 aliphatic heterocycles. The lowest BCUT2D eigenvalue weighted by atomic mass is 10.5. The van der Waals surface area contributed by atoms with Crippen molar-refractivity contribution in [2.24, 2.45) is 0 Å². The molecule has 2 aromatic heterocycles. The summed E-state index contributed by atoms with van der Waals surface area (Å²) in [4.78, 5) is 27.0. The van der Waals surface area contributed by atoms with Crippen LogP contribution in [0, 0.1) is 0 Å². The van der Waals surface area contributed by atoms with Crippen molar-refractivity contribution in [2.45, 2.75) is 0 Å². The molecule has 2 aromatic rings. The molecule has 106 valence electrons. The SMILES string of the molecule is CN(C)C(=O)CN(C)c1nc(Cl)nc(-n2cccn2)n1. The maximum atomic E-state index is 11.7. The number of aromatic nitrogens is 5. The zero-order chi connectivity index (χ0) is 14.7. The zero-order valence-corrected chi connectivity index (χ0v) is 12.1. The van der Waals surface area contributed by atoms with Gasteiger partial charge in [-0.25, -0.2) is 4.68 Å². The average molecular weight is 296 g/mol. The second kappa shape index (κ2) is 5.83. The number of halogens is 1. The van der Waals surface area contributed by atoms with Crippen molar-refractivity contribution in [3.05, 3.63) is 23.7 Å². The van der Waals surface area contributed by atoms with Gasteiger partial charge in [-0.05, 0) is 17.7 Å². The Morgan fingerprint density at radius 2 is 2.05 bits per heavy atom. The van der Waals surface area contributed by atoms with Crippen LogP contribution in [0.15, 0.2) is 18.5 Å². The topological polar surface area (TPSA) is 80.0 Å². The lowest BCUT2D eigenvalue weighted by Crippen LogP contribution is -2.35. The number of nitrogens with zero attached hydrogens (tertiary/aromatic N) is 7. The minimum Gasteiger partial charge on any atom is -0.347 e. The Bertz CT molecular complexity index is 599. The van der Waals surface area contributed by atoms with Gasteiger partial charge in [-0.15, -0.1) is 0 Å². The molecule has 0 aromatic carbocycles. The molecule has 2 rings (SSSR count). The fraction of sp³-hybridized carbons (Fsp3) is 0.364. The van der Waals surface area contributed by atoms with Crippen LogP contribution < -0.4 is 4.90 Å². The molecule has 0 N–H and O–H groups in total. The van der Waals surface area contributed by atoms with E-state index in [9.17, 15) is 4.79 Å². The van der Waals surface area contributed by atoms with Crippen molar-refractivity contribution >= 4 is 23.5 Å². The van der Waals surface area contributed by atoms with Crippen molar-refractivity contribution < 1.29 is 4.79 Å². The molecular formula is C11H14ClN7O. The minimum absolute atomic E-state index is 0.0460. The summed E-state index contributed by atoms with van der Waals surface area (Å²) in [7, 11) is 5.08. The Balaban J connectivity index is 2.26. The molecule has 2 heterocycles. The first kappa shape index (κ1) is 14.2. The molecule has 0 unspecified atom stereocenters. The van der Waals surface area contributed by atoms with E-state index in [4.69, 9.17) is 11.6 Å². The van der Waals surface area contributed by atoms with E-state index in [1.165, 1.54) is 9.58 Å². The van der Waals surface area contributed by atoms with Crippen molar-refractivity contribution in [3.8, 4) is 5.95 Å². The molecule has 0 aliphatic carbocycles. The molecule has 9 heteroatoms. The number of rotatable bonds is 4. The molecule has 8 nitrogen and oxygen atoms in total. The van der Waals surface area contributed by atoms with Gasteiger partial charge in [0, 0.05) is 33.5 Å². The Morgan fingerprint density at radius 3 is 2.65 bits per heavy atom. The Hall–Kier alpha value is -2.22. The zero-order valence-electron chi connectivity index (χ0n) is 11.4. The number of carbonyl (C=O) groups excluding carboxylic acids is 1. The van der Waals surface area contributed by atoms with Crippen molar-refractivity contribution in [1.82, 2.24) is 29.6 Å². The van der Waals surface area contributed by atoms with Gasteiger partial charge in [-0.1, -0.05) is 0 Å². The van der Waals surface area contributed by atoms with E-state index < -0.39 is 0 Å². The number of likely N-dealkylation sites (N-methyl/N-ethyl adjacent to an activating group) is 2. The maximum Gasteiger partial charge on any atom is 0.256 e. The van der Waals surface area contributed by atoms with Crippen LogP contribution in [0.2, 0.25) is 5.28 Å². The van der Waals surface area contributed by atoms with E-state index in [1.54, 1.807) is 44.5 Å². The summed E-state index contributed by atoms with van der Waals surface area (Å²) in [5, 5.41) is 4.07. The molecule has 20 heavy (non-hydrogen) atoms. The Kier molecular flexibility index (Phi) is 4.14. The predicted molar refractivity (Wildman–Crippen MR) is 73.9 cm³/mol. The summed E-state index contributed by atoms with van der Waals surface area (Å²) in [5.74, 6) is 0.546. The van der Waals surface area contributed by atoms with Crippen LogP contribution >= 0.6 is 11.6 Å². The summed E-state index contributed by atoms with van der Waals surface area (Å²) in [5.41, 5.74) is 0. The van der Waals surface area contributed by atoms with E-state index in [0.29, 0.717) is 11.9 Å². The fourth-order valence-electron chi connectivity index (χ4n) is 1.40. The first-order valence-electron chi connectivity index (χ1n) is 5.80. The molecule has 0 bridgehead atoms. The van der Waals surface area contributed by atoms with Gasteiger partial charge >= 0.3 is 0 Å². The van der Waals surface area contributed by atoms with Crippen molar-refractivity contribution in [1.29, 1.82) is 0 Å². The molecule has 0 saturated heterocycles. The monoisotopic (exact) mass is 295 g/mol. The highest BCUT2D eigenvalue weighted by molar-refractivity contribution is 6.28. The van der Waals surface area contributed by atoms with E-state index in [1.807, 2.05) is 0 Å². The molecule has 0 radical (unpaired) electrons. The van der Waals surface area contributed by atoms with Crippen LogP contribution in [0.5, 0.6) is 0 Å². The number of hydrogen-bond donors (Lipinski definition) is 0. The quantitative estimate of drug-likeness (QED) is 0.803. The summed E-state index contributed by atoms with van der Waals surface area (Å²) in [6.07, 6.45) is 3.30. The Labute approximate surface area is 121 Å². The lowest BCUT2D eigenvalue weighted by molar-refractivity contribution is -0.127. The van der Waals surface area contributed by atoms with Crippen LogP contribution in [0.4, 0.5) is 5.95 Å². The lowest BCUT2D eigenvalue weighted by Gasteiger charge is -2.19. The van der Waals surface area contributed by atoms with E-state index in [0.717, 1.165) is 0 Å². The van der Waals surface area contributed by atoms with Gasteiger partial charge in [-0.2, -0.15) is 20.1 Å². The number of anilines is 1. The highest BCUT2D eigenvalue weighted by atomic mass is 35.5. The molecule has 0 atom stereocenters. The van der Waals surface area contributed by atoms with Gasteiger partial charge in [-0.3, -0.25) is 4.79 Å². The summed E-state index contributed by atoms with van der Waals surface area (Å²) in [6, 6.07) is 1.75. The van der Waals surface area contributed by atoms with Gasteiger partial charge in [0.25, 0.3) is 5.95 Å². The highest BCUT2D eigenvalue weighted by Gasteiger charge is 2.14. The number of carbonyl (C=O) groups is 1. The van der Waals surface area contributed by atoms with Crippen LogP contribution in [0.1, 0.15) is 0 Å². The average Bonchev–Trinajstić information content (AvgIpc) is 2.91. The Morgan fingerprint density at radius 1 is 1.30 bits per heavy atom. The molecular weight excluding hydrogens is 282 g/mol. The van der Waals surface area contributed by atoms with Gasteiger partial charge in [0.15, 0.2) is 0 Å². The third-order valence-electron chi connectivity index (χ3n) is 2.51. The van der Waals surface area contributed by atoms with Crippen LogP contribution in [-0.2, 0) is 4.79 Å².